The van der Waals surface area contributed by atoms with Crippen LogP contribution in [0.5, 0.6) is 5.75 Å². The number of hydrogen-bond acceptors (Lipinski definition) is 3. The number of hydrazone groups is 1. The Morgan fingerprint density at radius 1 is 1.26 bits per heavy atom. The second-order valence-electron chi connectivity index (χ2n) is 4.72. The standard InChI is InChI=1S/C17H18BrN3OS/c1-2-10-22-16-9-8-14(18)11-13(16)12-19-21-17(23)20-15-6-4-3-5-7-15/h3-9,11-12H,2,10H2,1H3,(H2,20,21,23)/b19-12+. The molecule has 0 bridgehead atoms. The van der Waals surface area contributed by atoms with E-state index in [1.54, 1.807) is 6.21 Å². The third-order valence-corrected chi connectivity index (χ3v) is 3.52. The lowest BCUT2D eigenvalue weighted by atomic mass is 10.2. The molecule has 6 heteroatoms. The van der Waals surface area contributed by atoms with E-state index in [0.717, 1.165) is 27.9 Å². The molecule has 0 amide bonds. The van der Waals surface area contributed by atoms with Gasteiger partial charge in [-0.05, 0) is 49.0 Å². The molecule has 0 saturated carbocycles. The zero-order chi connectivity index (χ0) is 16.5. The van der Waals surface area contributed by atoms with Gasteiger partial charge in [-0.2, -0.15) is 5.10 Å². The Hall–Kier alpha value is -1.92. The molecule has 2 aromatic carbocycles. The summed E-state index contributed by atoms with van der Waals surface area (Å²) < 4.78 is 6.67. The van der Waals surface area contributed by atoms with Crippen molar-refractivity contribution >= 4 is 45.2 Å². The molecule has 120 valence electrons. The predicted molar refractivity (Wildman–Crippen MR) is 103 cm³/mol. The number of benzene rings is 2. The van der Waals surface area contributed by atoms with Crippen LogP contribution in [0, 0.1) is 0 Å². The fraction of sp³-hybridized carbons (Fsp3) is 0.176. The van der Waals surface area contributed by atoms with Crippen molar-refractivity contribution in [2.24, 2.45) is 5.10 Å². The highest BCUT2D eigenvalue weighted by Gasteiger charge is 2.02. The van der Waals surface area contributed by atoms with Crippen LogP contribution in [0.25, 0.3) is 0 Å². The number of nitrogens with zero attached hydrogens (tertiary/aromatic N) is 1. The molecule has 23 heavy (non-hydrogen) atoms. The molecule has 2 aromatic rings. The normalized spacial score (nSPS) is 10.5. The summed E-state index contributed by atoms with van der Waals surface area (Å²) in [6, 6.07) is 15.5. The topological polar surface area (TPSA) is 45.6 Å². The van der Waals surface area contributed by atoms with Gasteiger partial charge < -0.3 is 10.1 Å². The molecule has 0 unspecified atom stereocenters. The highest BCUT2D eigenvalue weighted by Crippen LogP contribution is 2.21. The van der Waals surface area contributed by atoms with Gasteiger partial charge in [0.1, 0.15) is 5.75 Å². The van der Waals surface area contributed by atoms with E-state index in [9.17, 15) is 0 Å². The van der Waals surface area contributed by atoms with Crippen molar-refractivity contribution in [3.63, 3.8) is 0 Å². The van der Waals surface area contributed by atoms with Gasteiger partial charge in [0.25, 0.3) is 0 Å². The zero-order valence-electron chi connectivity index (χ0n) is 12.8. The second kappa shape index (κ2) is 9.27. The van der Waals surface area contributed by atoms with Crippen LogP contribution < -0.4 is 15.5 Å². The summed E-state index contributed by atoms with van der Waals surface area (Å²) in [6.07, 6.45) is 2.64. The average molecular weight is 392 g/mol. The first-order valence-electron chi connectivity index (χ1n) is 7.26. The predicted octanol–water partition coefficient (Wildman–Crippen LogP) is 4.56. The van der Waals surface area contributed by atoms with E-state index in [0.29, 0.717) is 11.7 Å². The minimum absolute atomic E-state index is 0.429. The first-order chi connectivity index (χ1) is 11.2. The molecular formula is C17H18BrN3OS. The molecule has 4 nitrogen and oxygen atoms in total. The second-order valence-corrected chi connectivity index (χ2v) is 6.04. The smallest absolute Gasteiger partial charge is 0.191 e. The van der Waals surface area contributed by atoms with Gasteiger partial charge in [-0.3, -0.25) is 5.43 Å². The van der Waals surface area contributed by atoms with Gasteiger partial charge in [-0.1, -0.05) is 41.1 Å². The Bertz CT molecular complexity index is 677. The maximum Gasteiger partial charge on any atom is 0.191 e. The van der Waals surface area contributed by atoms with Gasteiger partial charge in [0.05, 0.1) is 12.8 Å². The van der Waals surface area contributed by atoms with Crippen LogP contribution in [0.4, 0.5) is 5.69 Å². The average Bonchev–Trinajstić information content (AvgIpc) is 2.55. The molecule has 2 N–H and O–H groups in total. The van der Waals surface area contributed by atoms with Gasteiger partial charge in [-0.25, -0.2) is 0 Å². The minimum atomic E-state index is 0.429. The maximum atomic E-state index is 5.71. The Morgan fingerprint density at radius 2 is 2.04 bits per heavy atom. The molecule has 0 aromatic heterocycles. The van der Waals surface area contributed by atoms with E-state index in [4.69, 9.17) is 17.0 Å². The number of thiocarbonyl (C=S) groups is 1. The Morgan fingerprint density at radius 3 is 2.78 bits per heavy atom. The third-order valence-electron chi connectivity index (χ3n) is 2.83. The van der Waals surface area contributed by atoms with E-state index in [1.807, 2.05) is 48.5 Å². The van der Waals surface area contributed by atoms with E-state index < -0.39 is 0 Å². The Balaban J connectivity index is 1.96. The number of halogens is 1. The lowest BCUT2D eigenvalue weighted by molar-refractivity contribution is 0.317. The van der Waals surface area contributed by atoms with Crippen LogP contribution in [0.15, 0.2) is 58.1 Å². The number of ether oxygens (including phenoxy) is 1. The van der Waals surface area contributed by atoms with Gasteiger partial charge in [0.15, 0.2) is 5.11 Å². The van der Waals surface area contributed by atoms with Crippen LogP contribution in [-0.4, -0.2) is 17.9 Å². The molecule has 0 aliphatic rings. The zero-order valence-corrected chi connectivity index (χ0v) is 15.2. The van der Waals surface area contributed by atoms with Gasteiger partial charge in [0.2, 0.25) is 0 Å². The first-order valence-corrected chi connectivity index (χ1v) is 8.46. The van der Waals surface area contributed by atoms with Crippen LogP contribution in [0.1, 0.15) is 18.9 Å². The monoisotopic (exact) mass is 391 g/mol. The molecule has 0 fully saturated rings. The fourth-order valence-electron chi connectivity index (χ4n) is 1.80. The molecule has 0 radical (unpaired) electrons. The summed E-state index contributed by atoms with van der Waals surface area (Å²) in [7, 11) is 0. The highest BCUT2D eigenvalue weighted by molar-refractivity contribution is 9.10. The summed E-state index contributed by atoms with van der Waals surface area (Å²) in [6.45, 7) is 2.74. The van der Waals surface area contributed by atoms with E-state index in [2.05, 4.69) is 38.7 Å². The lowest BCUT2D eigenvalue weighted by Gasteiger charge is -2.09. The van der Waals surface area contributed by atoms with Gasteiger partial charge in [0, 0.05) is 15.7 Å². The molecule has 0 spiro atoms. The molecule has 0 aliphatic heterocycles. The summed E-state index contributed by atoms with van der Waals surface area (Å²) in [5.41, 5.74) is 4.59. The van der Waals surface area contributed by atoms with Crippen molar-refractivity contribution in [1.82, 2.24) is 5.43 Å². The minimum Gasteiger partial charge on any atom is -0.493 e. The summed E-state index contributed by atoms with van der Waals surface area (Å²) in [5.74, 6) is 0.794. The van der Waals surface area contributed by atoms with E-state index in [-0.39, 0.29) is 0 Å². The Kier molecular flexibility index (Phi) is 7.03. The van der Waals surface area contributed by atoms with Crippen molar-refractivity contribution in [2.75, 3.05) is 11.9 Å². The SMILES string of the molecule is CCCOc1ccc(Br)cc1/C=N/NC(=S)Nc1ccccc1. The number of anilines is 1. The van der Waals surface area contributed by atoms with Gasteiger partial charge in [-0.15, -0.1) is 0 Å². The molecule has 0 saturated heterocycles. The number of nitrogens with one attached hydrogen (secondary N) is 2. The summed E-state index contributed by atoms with van der Waals surface area (Å²) in [4.78, 5) is 0. The third kappa shape index (κ3) is 6.00. The molecule has 0 heterocycles. The molecule has 0 atom stereocenters. The lowest BCUT2D eigenvalue weighted by Crippen LogP contribution is -2.23. The quantitative estimate of drug-likeness (QED) is 0.430. The van der Waals surface area contributed by atoms with Crippen LogP contribution in [-0.2, 0) is 0 Å². The van der Waals surface area contributed by atoms with Crippen LogP contribution >= 0.6 is 28.1 Å². The van der Waals surface area contributed by atoms with Crippen molar-refractivity contribution < 1.29 is 4.74 Å². The van der Waals surface area contributed by atoms with Crippen LogP contribution in [0.2, 0.25) is 0 Å². The number of hydrogen-bond donors (Lipinski definition) is 2. The van der Waals surface area contributed by atoms with Crippen molar-refractivity contribution in [3.05, 3.63) is 58.6 Å². The first kappa shape index (κ1) is 17.4. The highest BCUT2D eigenvalue weighted by atomic mass is 79.9. The fourth-order valence-corrected chi connectivity index (χ4v) is 2.35. The van der Waals surface area contributed by atoms with E-state index >= 15 is 0 Å². The Labute approximate surface area is 150 Å². The number of para-hydroxylation sites is 1. The largest absolute Gasteiger partial charge is 0.493 e. The van der Waals surface area contributed by atoms with Crippen molar-refractivity contribution in [2.45, 2.75) is 13.3 Å². The summed E-state index contributed by atoms with van der Waals surface area (Å²) >= 11 is 8.66. The maximum absolute atomic E-state index is 5.71. The van der Waals surface area contributed by atoms with Crippen LogP contribution in [0.3, 0.4) is 0 Å². The summed E-state index contributed by atoms with van der Waals surface area (Å²) in [5, 5.41) is 7.65. The van der Waals surface area contributed by atoms with Gasteiger partial charge >= 0.3 is 0 Å². The molecule has 2 rings (SSSR count). The molecule has 0 aliphatic carbocycles. The number of rotatable bonds is 6. The van der Waals surface area contributed by atoms with E-state index in [1.165, 1.54) is 0 Å². The van der Waals surface area contributed by atoms with Crippen molar-refractivity contribution in [1.29, 1.82) is 0 Å². The molecular weight excluding hydrogens is 374 g/mol. The van der Waals surface area contributed by atoms with Crippen molar-refractivity contribution in [3.8, 4) is 5.75 Å².